The van der Waals surface area contributed by atoms with E-state index in [0.29, 0.717) is 11.3 Å². The Labute approximate surface area is 201 Å². The maximum Gasteiger partial charge on any atom is 0.305 e. The number of aliphatic hydroxyl groups is 1. The number of primary amides is 1. The standard InChI is InChI=1S/C14H24N10O9S2/c1-14(2,11(31)18-12-20-21-13(34-12)35(16,32)33)22-24-23-19-6(4-8(27)28)10(30)17-5(9(15)29)3-7(25)26/h5-6,11,31H,3-4H2,1-2H3,(H2,15,29)(H,17,30)(H,18,20)(H,19,24)(H,22,23)(H,25,26)(H,27,28)(H2,16,32,33)/t5-,6-,11-/m0/s1. The highest BCUT2D eigenvalue weighted by molar-refractivity contribution is 7.91. The number of nitrogens with one attached hydrogen (secondary N) is 4. The Morgan fingerprint density at radius 3 is 2.17 bits per heavy atom. The molecular formula is C14H24N10O9S2. The number of carbonyl (C=O) groups excluding carboxylic acids is 2. The van der Waals surface area contributed by atoms with Gasteiger partial charge >= 0.3 is 11.9 Å². The molecule has 0 aliphatic rings. The molecule has 0 bridgehead atoms. The van der Waals surface area contributed by atoms with E-state index in [9.17, 15) is 32.7 Å². The molecule has 35 heavy (non-hydrogen) atoms. The van der Waals surface area contributed by atoms with Crippen LogP contribution in [0.15, 0.2) is 14.7 Å². The van der Waals surface area contributed by atoms with Crippen molar-refractivity contribution < 1.29 is 42.9 Å². The van der Waals surface area contributed by atoms with Gasteiger partial charge in [-0.3, -0.25) is 19.2 Å². The first kappa shape index (κ1) is 29.5. The number of hydrazine groups is 1. The van der Waals surface area contributed by atoms with E-state index in [1.165, 1.54) is 13.8 Å². The van der Waals surface area contributed by atoms with Crippen LogP contribution in [0.5, 0.6) is 0 Å². The quantitative estimate of drug-likeness (QED) is 0.0590. The van der Waals surface area contributed by atoms with Gasteiger partial charge in [-0.2, -0.15) is 5.11 Å². The predicted octanol–water partition coefficient (Wildman–Crippen LogP) is -3.56. The molecule has 1 aromatic heterocycles. The van der Waals surface area contributed by atoms with E-state index in [4.69, 9.17) is 21.1 Å². The number of amides is 2. The van der Waals surface area contributed by atoms with Crippen LogP contribution in [0.3, 0.4) is 0 Å². The summed E-state index contributed by atoms with van der Waals surface area (Å²) >= 11 is 0.559. The summed E-state index contributed by atoms with van der Waals surface area (Å²) in [6, 6.07) is -3.12. The molecule has 21 heteroatoms. The predicted molar refractivity (Wildman–Crippen MR) is 116 cm³/mol. The number of aliphatic carboxylic acids is 2. The maximum absolute atomic E-state index is 12.3. The van der Waals surface area contributed by atoms with E-state index < -0.39 is 74.8 Å². The number of hydrogen-bond acceptors (Lipinski definition) is 14. The number of aliphatic hydroxyl groups excluding tert-OH is 1. The molecule has 0 radical (unpaired) electrons. The summed E-state index contributed by atoms with van der Waals surface area (Å²) in [5.41, 5.74) is 7.98. The van der Waals surface area contributed by atoms with E-state index in [1.807, 2.05) is 5.32 Å². The number of primary sulfonamides is 1. The van der Waals surface area contributed by atoms with Crippen LogP contribution in [0.25, 0.3) is 0 Å². The molecular weight excluding hydrogens is 516 g/mol. The van der Waals surface area contributed by atoms with Gasteiger partial charge < -0.3 is 31.7 Å². The first-order chi connectivity index (χ1) is 16.0. The summed E-state index contributed by atoms with van der Waals surface area (Å²) in [6.07, 6.45) is -3.09. The maximum atomic E-state index is 12.3. The molecule has 2 amide bonds. The molecule has 1 aromatic rings. The van der Waals surface area contributed by atoms with E-state index in [0.717, 1.165) is 0 Å². The van der Waals surface area contributed by atoms with Gasteiger partial charge in [0.15, 0.2) is 6.23 Å². The Kier molecular flexibility index (Phi) is 10.3. The number of nitrogens with two attached hydrogens (primary N) is 2. The molecule has 1 rings (SSSR count). The van der Waals surface area contributed by atoms with Crippen molar-refractivity contribution in [2.75, 3.05) is 5.32 Å². The minimum absolute atomic E-state index is 0.0838. The smallest absolute Gasteiger partial charge is 0.305 e. The number of carboxylic acids is 2. The van der Waals surface area contributed by atoms with Crippen LogP contribution in [-0.4, -0.2) is 81.5 Å². The lowest BCUT2D eigenvalue weighted by Crippen LogP contribution is -2.55. The van der Waals surface area contributed by atoms with Crippen LogP contribution in [0.1, 0.15) is 26.7 Å². The zero-order valence-corrected chi connectivity index (χ0v) is 19.8. The van der Waals surface area contributed by atoms with Crippen molar-refractivity contribution in [1.29, 1.82) is 0 Å². The normalized spacial score (nSPS) is 14.6. The fourth-order valence-corrected chi connectivity index (χ4v) is 3.40. The third-order valence-electron chi connectivity index (χ3n) is 3.91. The lowest BCUT2D eigenvalue weighted by molar-refractivity contribution is -0.142. The van der Waals surface area contributed by atoms with Crippen molar-refractivity contribution >= 4 is 50.2 Å². The van der Waals surface area contributed by atoms with Gasteiger partial charge in [0.1, 0.15) is 17.6 Å². The monoisotopic (exact) mass is 540 g/mol. The van der Waals surface area contributed by atoms with Crippen LogP contribution < -0.4 is 32.5 Å². The average molecular weight is 541 g/mol. The van der Waals surface area contributed by atoms with Crippen LogP contribution in [-0.2, 0) is 29.2 Å². The van der Waals surface area contributed by atoms with Gasteiger partial charge in [-0.25, -0.2) is 24.5 Å². The van der Waals surface area contributed by atoms with Crippen molar-refractivity contribution in [2.24, 2.45) is 21.2 Å². The van der Waals surface area contributed by atoms with Crippen LogP contribution in [0.4, 0.5) is 5.13 Å². The summed E-state index contributed by atoms with van der Waals surface area (Å²) in [7, 11) is -4.08. The second-order valence-electron chi connectivity index (χ2n) is 7.29. The Morgan fingerprint density at radius 2 is 1.69 bits per heavy atom. The SMILES string of the molecule is CC(C)(N=NNN[C@@H](CC(=O)O)C(=O)N[C@@H](CC(=O)O)C(N)=O)[C@H](O)Nc1nnc(S(N)(=O)=O)s1. The molecule has 0 aliphatic heterocycles. The summed E-state index contributed by atoms with van der Waals surface area (Å²) in [5, 5.41) is 51.5. The largest absolute Gasteiger partial charge is 0.481 e. The molecule has 0 spiro atoms. The zero-order valence-electron chi connectivity index (χ0n) is 18.2. The number of nitrogens with zero attached hydrogens (tertiary/aromatic N) is 4. The van der Waals surface area contributed by atoms with Crippen molar-refractivity contribution in [3.8, 4) is 0 Å². The molecule has 0 saturated heterocycles. The van der Waals surface area contributed by atoms with Gasteiger partial charge in [0.2, 0.25) is 21.3 Å². The van der Waals surface area contributed by atoms with Crippen LogP contribution >= 0.6 is 11.3 Å². The number of aromatic nitrogens is 2. The second-order valence-corrected chi connectivity index (χ2v) is 10.00. The fourth-order valence-electron chi connectivity index (χ4n) is 2.05. The van der Waals surface area contributed by atoms with E-state index in [2.05, 4.69) is 36.8 Å². The van der Waals surface area contributed by atoms with Crippen molar-refractivity contribution in [3.63, 3.8) is 0 Å². The molecule has 0 saturated carbocycles. The first-order valence-corrected chi connectivity index (χ1v) is 11.7. The summed E-state index contributed by atoms with van der Waals surface area (Å²) in [5.74, 6) is -5.05. The Morgan fingerprint density at radius 1 is 1.11 bits per heavy atom. The highest BCUT2D eigenvalue weighted by Gasteiger charge is 2.30. The van der Waals surface area contributed by atoms with Crippen LogP contribution in [0, 0.1) is 0 Å². The second kappa shape index (κ2) is 12.3. The minimum atomic E-state index is -4.08. The topological polar surface area (TPSA) is 314 Å². The molecule has 0 unspecified atom stereocenters. The summed E-state index contributed by atoms with van der Waals surface area (Å²) in [4.78, 5) is 45.4. The van der Waals surface area contributed by atoms with Gasteiger partial charge in [-0.1, -0.05) is 16.6 Å². The van der Waals surface area contributed by atoms with Gasteiger partial charge in [-0.15, -0.1) is 10.2 Å². The van der Waals surface area contributed by atoms with Gasteiger partial charge in [0.05, 0.1) is 12.8 Å². The number of anilines is 1. The van der Waals surface area contributed by atoms with Gasteiger partial charge in [0, 0.05) is 0 Å². The molecule has 1 heterocycles. The third kappa shape index (κ3) is 10.1. The number of rotatable bonds is 15. The van der Waals surface area contributed by atoms with Crippen LogP contribution in [0.2, 0.25) is 0 Å². The third-order valence-corrected chi connectivity index (χ3v) is 6.07. The van der Waals surface area contributed by atoms with Crippen molar-refractivity contribution in [2.45, 2.75) is 54.9 Å². The van der Waals surface area contributed by atoms with E-state index >= 15 is 0 Å². The van der Waals surface area contributed by atoms with Gasteiger partial charge in [0.25, 0.3) is 10.0 Å². The van der Waals surface area contributed by atoms with Crippen molar-refractivity contribution in [3.05, 3.63) is 0 Å². The Bertz CT molecular complexity index is 1070. The number of carboxylic acid groups (broad SMARTS) is 2. The highest BCUT2D eigenvalue weighted by atomic mass is 32.2. The average Bonchev–Trinajstić information content (AvgIpc) is 3.18. The lowest BCUT2D eigenvalue weighted by Gasteiger charge is -2.25. The number of carbonyl (C=O) groups is 4. The molecule has 11 N–H and O–H groups in total. The highest BCUT2D eigenvalue weighted by Crippen LogP contribution is 2.22. The Hall–Kier alpha value is -3.53. The fraction of sp³-hybridized carbons (Fsp3) is 0.571. The van der Waals surface area contributed by atoms with Crippen molar-refractivity contribution in [1.82, 2.24) is 26.5 Å². The van der Waals surface area contributed by atoms with E-state index in [1.54, 1.807) is 0 Å². The summed E-state index contributed by atoms with van der Waals surface area (Å²) in [6.45, 7) is 2.81. The Balaban J connectivity index is 2.77. The molecule has 196 valence electrons. The number of sulfonamides is 1. The van der Waals surface area contributed by atoms with Gasteiger partial charge in [-0.05, 0) is 13.8 Å². The molecule has 0 aromatic carbocycles. The molecule has 3 atom stereocenters. The summed E-state index contributed by atoms with van der Waals surface area (Å²) < 4.78 is 22.0. The molecule has 19 nitrogen and oxygen atoms in total. The molecule has 0 aliphatic carbocycles. The van der Waals surface area contributed by atoms with E-state index in [-0.39, 0.29) is 5.13 Å². The number of hydrogen-bond donors (Lipinski definition) is 9. The first-order valence-electron chi connectivity index (χ1n) is 9.29. The minimum Gasteiger partial charge on any atom is -0.481 e. The zero-order chi connectivity index (χ0) is 27.0. The lowest BCUT2D eigenvalue weighted by atomic mass is 10.1. The molecule has 0 fully saturated rings.